The van der Waals surface area contributed by atoms with Crippen molar-refractivity contribution in [3.8, 4) is 0 Å². The lowest BCUT2D eigenvalue weighted by Crippen LogP contribution is -2.40. The number of furan rings is 1. The highest BCUT2D eigenvalue weighted by Gasteiger charge is 2.17. The zero-order valence-electron chi connectivity index (χ0n) is 11.0. The van der Waals surface area contributed by atoms with Crippen molar-refractivity contribution in [2.75, 3.05) is 26.7 Å². The zero-order chi connectivity index (χ0) is 12.1. The summed E-state index contributed by atoms with van der Waals surface area (Å²) in [4.78, 5) is 2.44. The molecule has 17 heavy (non-hydrogen) atoms. The Morgan fingerprint density at radius 2 is 2.47 bits per heavy atom. The predicted octanol–water partition coefficient (Wildman–Crippen LogP) is 2.14. The molecule has 1 fully saturated rings. The summed E-state index contributed by atoms with van der Waals surface area (Å²) in [5, 5.41) is 3.62. The summed E-state index contributed by atoms with van der Waals surface area (Å²) in [6.07, 6.45) is 5.44. The van der Waals surface area contributed by atoms with E-state index in [9.17, 15) is 0 Å². The predicted molar refractivity (Wildman–Crippen MR) is 70.1 cm³/mol. The van der Waals surface area contributed by atoms with Gasteiger partial charge >= 0.3 is 0 Å². The Labute approximate surface area is 104 Å². The van der Waals surface area contributed by atoms with Gasteiger partial charge < -0.3 is 14.6 Å². The Bertz CT molecular complexity index is 310. The lowest BCUT2D eigenvalue weighted by atomic mass is 9.98. The van der Waals surface area contributed by atoms with Gasteiger partial charge in [-0.1, -0.05) is 0 Å². The Morgan fingerprint density at radius 1 is 1.59 bits per heavy atom. The molecule has 96 valence electrons. The fraction of sp³-hybridized carbons (Fsp3) is 0.714. The summed E-state index contributed by atoms with van der Waals surface area (Å²) < 4.78 is 5.36. The fourth-order valence-corrected chi connectivity index (χ4v) is 2.61. The molecule has 1 aromatic rings. The number of rotatable bonds is 5. The third-order valence-corrected chi connectivity index (χ3v) is 3.56. The molecule has 2 heterocycles. The van der Waals surface area contributed by atoms with Gasteiger partial charge in [0.15, 0.2) is 0 Å². The molecule has 0 radical (unpaired) electrons. The molecule has 3 heteroatoms. The van der Waals surface area contributed by atoms with E-state index >= 15 is 0 Å². The fourth-order valence-electron chi connectivity index (χ4n) is 2.61. The minimum atomic E-state index is 0.494. The molecule has 3 nitrogen and oxygen atoms in total. The molecule has 2 unspecified atom stereocenters. The third-order valence-electron chi connectivity index (χ3n) is 3.56. The summed E-state index contributed by atoms with van der Waals surface area (Å²) in [5.74, 6) is 1.89. The third kappa shape index (κ3) is 4.17. The van der Waals surface area contributed by atoms with Gasteiger partial charge in [0.1, 0.15) is 5.76 Å². The van der Waals surface area contributed by atoms with Crippen molar-refractivity contribution in [2.24, 2.45) is 5.92 Å². The van der Waals surface area contributed by atoms with Crippen molar-refractivity contribution >= 4 is 0 Å². The van der Waals surface area contributed by atoms with E-state index in [2.05, 4.69) is 24.2 Å². The van der Waals surface area contributed by atoms with Crippen LogP contribution in [0.15, 0.2) is 22.8 Å². The maximum atomic E-state index is 5.36. The average molecular weight is 236 g/mol. The van der Waals surface area contributed by atoms with Gasteiger partial charge in [-0.2, -0.15) is 0 Å². The van der Waals surface area contributed by atoms with E-state index in [4.69, 9.17) is 4.42 Å². The molecule has 0 saturated carbocycles. The second kappa shape index (κ2) is 6.22. The van der Waals surface area contributed by atoms with Crippen LogP contribution in [0.25, 0.3) is 0 Å². The molecule has 2 rings (SSSR count). The molecule has 2 atom stereocenters. The molecule has 0 bridgehead atoms. The van der Waals surface area contributed by atoms with Crippen LogP contribution in [0.4, 0.5) is 0 Å². The van der Waals surface area contributed by atoms with Crippen LogP contribution >= 0.6 is 0 Å². The van der Waals surface area contributed by atoms with Crippen molar-refractivity contribution in [3.05, 3.63) is 24.2 Å². The molecule has 1 aromatic heterocycles. The van der Waals surface area contributed by atoms with Gasteiger partial charge in [0, 0.05) is 19.0 Å². The molecular formula is C14H24N2O. The van der Waals surface area contributed by atoms with Gasteiger partial charge in [0.2, 0.25) is 0 Å². The Hall–Kier alpha value is -0.800. The topological polar surface area (TPSA) is 28.4 Å². The molecule has 1 aliphatic heterocycles. The van der Waals surface area contributed by atoms with Crippen LogP contribution in [0.1, 0.15) is 25.5 Å². The smallest absolute Gasteiger partial charge is 0.105 e. The first-order chi connectivity index (χ1) is 8.24. The lowest BCUT2D eigenvalue weighted by Gasteiger charge is -2.30. The largest absolute Gasteiger partial charge is 0.469 e. The Morgan fingerprint density at radius 3 is 3.18 bits per heavy atom. The molecule has 0 aromatic carbocycles. The highest BCUT2D eigenvalue weighted by Crippen LogP contribution is 2.14. The molecule has 1 N–H and O–H groups in total. The van der Waals surface area contributed by atoms with E-state index in [-0.39, 0.29) is 0 Å². The van der Waals surface area contributed by atoms with Crippen LogP contribution in [0.5, 0.6) is 0 Å². The van der Waals surface area contributed by atoms with E-state index < -0.39 is 0 Å². The van der Waals surface area contributed by atoms with Crippen LogP contribution in [-0.2, 0) is 6.42 Å². The van der Waals surface area contributed by atoms with Crippen molar-refractivity contribution in [1.82, 2.24) is 10.2 Å². The SMILES string of the molecule is CC(Cc1ccco1)NCC1CCCN(C)C1. The number of hydrogen-bond acceptors (Lipinski definition) is 3. The summed E-state index contributed by atoms with van der Waals surface area (Å²) in [6.45, 7) is 5.86. The van der Waals surface area contributed by atoms with Crippen LogP contribution in [0.2, 0.25) is 0 Å². The van der Waals surface area contributed by atoms with Crippen LogP contribution in [0.3, 0.4) is 0 Å². The van der Waals surface area contributed by atoms with Crippen molar-refractivity contribution in [2.45, 2.75) is 32.2 Å². The van der Waals surface area contributed by atoms with Crippen molar-refractivity contribution < 1.29 is 4.42 Å². The second-order valence-electron chi connectivity index (χ2n) is 5.36. The quantitative estimate of drug-likeness (QED) is 0.849. The molecule has 1 saturated heterocycles. The van der Waals surface area contributed by atoms with E-state index in [0.717, 1.165) is 24.6 Å². The molecular weight excluding hydrogens is 212 g/mol. The average Bonchev–Trinajstić information content (AvgIpc) is 2.79. The molecule has 1 aliphatic rings. The maximum absolute atomic E-state index is 5.36. The first kappa shape index (κ1) is 12.7. The van der Waals surface area contributed by atoms with Gasteiger partial charge in [0.05, 0.1) is 6.26 Å². The standard InChI is InChI=1S/C14H24N2O/c1-12(9-14-6-4-8-17-14)15-10-13-5-3-7-16(2)11-13/h4,6,8,12-13,15H,3,5,7,9-11H2,1-2H3. The van der Waals surface area contributed by atoms with Crippen molar-refractivity contribution in [1.29, 1.82) is 0 Å². The zero-order valence-corrected chi connectivity index (χ0v) is 11.0. The maximum Gasteiger partial charge on any atom is 0.105 e. The number of nitrogens with zero attached hydrogens (tertiary/aromatic N) is 1. The Balaban J connectivity index is 1.67. The van der Waals surface area contributed by atoms with Gasteiger partial charge in [-0.3, -0.25) is 0 Å². The lowest BCUT2D eigenvalue weighted by molar-refractivity contribution is 0.203. The number of nitrogens with one attached hydrogen (secondary N) is 1. The second-order valence-corrected chi connectivity index (χ2v) is 5.36. The highest BCUT2D eigenvalue weighted by molar-refractivity contribution is 4.99. The van der Waals surface area contributed by atoms with Crippen LogP contribution in [-0.4, -0.2) is 37.6 Å². The van der Waals surface area contributed by atoms with Gasteiger partial charge in [-0.15, -0.1) is 0 Å². The minimum Gasteiger partial charge on any atom is -0.469 e. The van der Waals surface area contributed by atoms with Crippen LogP contribution < -0.4 is 5.32 Å². The molecule has 0 aliphatic carbocycles. The summed E-state index contributed by atoms with van der Waals surface area (Å²) in [6, 6.07) is 4.50. The van der Waals surface area contributed by atoms with Gasteiger partial charge in [-0.25, -0.2) is 0 Å². The van der Waals surface area contributed by atoms with E-state index in [1.807, 2.05) is 12.1 Å². The Kier molecular flexibility index (Phi) is 4.63. The summed E-state index contributed by atoms with van der Waals surface area (Å²) >= 11 is 0. The van der Waals surface area contributed by atoms with Gasteiger partial charge in [-0.05, 0) is 58.0 Å². The number of likely N-dealkylation sites (tertiary alicyclic amines) is 1. The molecule has 0 amide bonds. The monoisotopic (exact) mass is 236 g/mol. The first-order valence-corrected chi connectivity index (χ1v) is 6.68. The molecule has 0 spiro atoms. The number of hydrogen-bond donors (Lipinski definition) is 1. The van der Waals surface area contributed by atoms with Crippen LogP contribution in [0, 0.1) is 5.92 Å². The van der Waals surface area contributed by atoms with E-state index in [1.165, 1.54) is 25.9 Å². The minimum absolute atomic E-state index is 0.494. The normalized spacial score (nSPS) is 23.8. The van der Waals surface area contributed by atoms with Gasteiger partial charge in [0.25, 0.3) is 0 Å². The number of piperidine rings is 1. The highest BCUT2D eigenvalue weighted by atomic mass is 16.3. The summed E-state index contributed by atoms with van der Waals surface area (Å²) in [7, 11) is 2.22. The van der Waals surface area contributed by atoms with E-state index in [1.54, 1.807) is 6.26 Å². The van der Waals surface area contributed by atoms with E-state index in [0.29, 0.717) is 6.04 Å². The summed E-state index contributed by atoms with van der Waals surface area (Å²) in [5.41, 5.74) is 0. The van der Waals surface area contributed by atoms with Crippen molar-refractivity contribution in [3.63, 3.8) is 0 Å². The first-order valence-electron chi connectivity index (χ1n) is 6.68.